The average molecular weight is 357 g/mol. The number of carbonyl (C=O) groups excluding carboxylic acids is 1. The number of nitrogens with zero attached hydrogens (tertiary/aromatic N) is 2. The summed E-state index contributed by atoms with van der Waals surface area (Å²) in [5, 5.41) is 15.1. The fourth-order valence-corrected chi connectivity index (χ4v) is 2.19. The van der Waals surface area contributed by atoms with Crippen molar-refractivity contribution in [3.05, 3.63) is 63.2 Å². The normalized spacial score (nSPS) is 10.6. The molecule has 0 aliphatic rings. The Hall–Kier alpha value is -3.42. The van der Waals surface area contributed by atoms with Gasteiger partial charge in [0.1, 0.15) is 0 Å². The van der Waals surface area contributed by atoms with Crippen LogP contribution in [0.15, 0.2) is 41.5 Å². The molecular weight excluding hydrogens is 338 g/mol. The molecule has 0 saturated carbocycles. The number of aryl methyl sites for hydroxylation is 1. The highest BCUT2D eigenvalue weighted by Crippen LogP contribution is 2.37. The molecule has 0 aliphatic carbocycles. The first-order valence-electron chi connectivity index (χ1n) is 7.85. The fraction of sp³-hybridized carbons (Fsp3) is 0.222. The van der Waals surface area contributed by atoms with Crippen molar-refractivity contribution in [2.24, 2.45) is 5.10 Å². The predicted molar refractivity (Wildman–Crippen MR) is 97.1 cm³/mol. The number of carbonyl (C=O) groups is 1. The van der Waals surface area contributed by atoms with Gasteiger partial charge < -0.3 is 9.47 Å². The molecule has 0 bridgehead atoms. The van der Waals surface area contributed by atoms with E-state index in [0.29, 0.717) is 11.1 Å². The van der Waals surface area contributed by atoms with Gasteiger partial charge in [0.2, 0.25) is 5.75 Å². The van der Waals surface area contributed by atoms with Crippen molar-refractivity contribution in [1.82, 2.24) is 5.43 Å². The van der Waals surface area contributed by atoms with E-state index in [-0.39, 0.29) is 29.7 Å². The number of rotatable bonds is 7. The highest BCUT2D eigenvalue weighted by Gasteiger charge is 2.21. The molecule has 2 aromatic carbocycles. The van der Waals surface area contributed by atoms with Gasteiger partial charge in [0.15, 0.2) is 5.75 Å². The van der Waals surface area contributed by atoms with Crippen LogP contribution >= 0.6 is 0 Å². The second-order valence-corrected chi connectivity index (χ2v) is 5.33. The Morgan fingerprint density at radius 2 is 2.00 bits per heavy atom. The summed E-state index contributed by atoms with van der Waals surface area (Å²) in [7, 11) is 1.39. The standard InChI is InChI=1S/C18H19N3O5/c1-4-26-17-15(21(23)24)9-13(10-16(17)25-3)11-19-20-18(22)14-7-5-12(2)6-8-14/h5-11H,4H2,1-3H3,(H,20,22)/b19-11-. The summed E-state index contributed by atoms with van der Waals surface area (Å²) in [6, 6.07) is 9.85. The van der Waals surface area contributed by atoms with Gasteiger partial charge in [-0.2, -0.15) is 5.10 Å². The van der Waals surface area contributed by atoms with Gasteiger partial charge in [0, 0.05) is 17.2 Å². The molecule has 0 spiro atoms. The Labute approximate surface area is 150 Å². The molecule has 0 atom stereocenters. The van der Waals surface area contributed by atoms with Gasteiger partial charge in [-0.3, -0.25) is 14.9 Å². The highest BCUT2D eigenvalue weighted by molar-refractivity contribution is 5.95. The number of benzene rings is 2. The van der Waals surface area contributed by atoms with Gasteiger partial charge in [-0.25, -0.2) is 5.43 Å². The zero-order chi connectivity index (χ0) is 19.1. The summed E-state index contributed by atoms with van der Waals surface area (Å²) < 4.78 is 10.5. The molecule has 8 heteroatoms. The molecule has 0 fully saturated rings. The minimum atomic E-state index is -0.560. The lowest BCUT2D eigenvalue weighted by Gasteiger charge is -2.10. The van der Waals surface area contributed by atoms with Crippen molar-refractivity contribution >= 4 is 17.8 Å². The maximum Gasteiger partial charge on any atom is 0.315 e. The molecule has 26 heavy (non-hydrogen) atoms. The SMILES string of the molecule is CCOc1c(OC)cc(/C=N\NC(=O)c2ccc(C)cc2)cc1[N+](=O)[O-]. The Balaban J connectivity index is 2.21. The number of amides is 1. The average Bonchev–Trinajstić information content (AvgIpc) is 2.62. The minimum absolute atomic E-state index is 0.0563. The zero-order valence-electron chi connectivity index (χ0n) is 14.7. The maximum absolute atomic E-state index is 12.0. The van der Waals surface area contributed by atoms with Gasteiger partial charge in [0.05, 0.1) is 24.9 Å². The van der Waals surface area contributed by atoms with Crippen molar-refractivity contribution in [3.63, 3.8) is 0 Å². The van der Waals surface area contributed by atoms with Gasteiger partial charge in [-0.05, 0) is 32.0 Å². The van der Waals surface area contributed by atoms with Crippen LogP contribution < -0.4 is 14.9 Å². The first-order chi connectivity index (χ1) is 12.5. The van der Waals surface area contributed by atoms with Crippen LogP contribution in [0.4, 0.5) is 5.69 Å². The van der Waals surface area contributed by atoms with Gasteiger partial charge in [-0.1, -0.05) is 17.7 Å². The Bertz CT molecular complexity index is 831. The van der Waals surface area contributed by atoms with Crippen molar-refractivity contribution in [3.8, 4) is 11.5 Å². The quantitative estimate of drug-likeness (QED) is 0.466. The first kappa shape index (κ1) is 18.9. The van der Waals surface area contributed by atoms with Crippen molar-refractivity contribution in [2.75, 3.05) is 13.7 Å². The number of hydrogen-bond acceptors (Lipinski definition) is 6. The summed E-state index contributed by atoms with van der Waals surface area (Å²) in [5.74, 6) is -0.109. The molecular formula is C18H19N3O5. The predicted octanol–water partition coefficient (Wildman–Crippen LogP) is 3.07. The topological polar surface area (TPSA) is 103 Å². The number of hydrazone groups is 1. The summed E-state index contributed by atoms with van der Waals surface area (Å²) in [5.41, 5.74) is 4.03. The lowest BCUT2D eigenvalue weighted by Crippen LogP contribution is -2.17. The number of methoxy groups -OCH3 is 1. The third kappa shape index (κ3) is 4.56. The van der Waals surface area contributed by atoms with Gasteiger partial charge in [-0.15, -0.1) is 0 Å². The number of nitro benzene ring substituents is 1. The number of hydrogen-bond donors (Lipinski definition) is 1. The van der Waals surface area contributed by atoms with E-state index < -0.39 is 4.92 Å². The summed E-state index contributed by atoms with van der Waals surface area (Å²) >= 11 is 0. The van der Waals surface area contributed by atoms with Crippen molar-refractivity contribution < 1.29 is 19.2 Å². The lowest BCUT2D eigenvalue weighted by atomic mass is 10.1. The summed E-state index contributed by atoms with van der Waals surface area (Å²) in [6.45, 7) is 3.91. The fourth-order valence-electron chi connectivity index (χ4n) is 2.19. The molecule has 2 aromatic rings. The molecule has 0 unspecified atom stereocenters. The van der Waals surface area contributed by atoms with E-state index in [1.165, 1.54) is 19.4 Å². The molecule has 2 rings (SSSR count). The molecule has 0 heterocycles. The third-order valence-electron chi connectivity index (χ3n) is 3.46. The van der Waals surface area contributed by atoms with Crippen LogP contribution in [-0.4, -0.2) is 30.8 Å². The Morgan fingerprint density at radius 1 is 1.31 bits per heavy atom. The van der Waals surface area contributed by atoms with E-state index in [4.69, 9.17) is 9.47 Å². The van der Waals surface area contributed by atoms with Crippen LogP contribution in [0.5, 0.6) is 11.5 Å². The van der Waals surface area contributed by atoms with Gasteiger partial charge in [0.25, 0.3) is 5.91 Å². The number of nitro groups is 1. The summed E-state index contributed by atoms with van der Waals surface area (Å²) in [6.07, 6.45) is 1.30. The molecule has 0 aromatic heterocycles. The molecule has 136 valence electrons. The van der Waals surface area contributed by atoms with E-state index in [1.54, 1.807) is 25.1 Å². The highest BCUT2D eigenvalue weighted by atomic mass is 16.6. The van der Waals surface area contributed by atoms with Crippen LogP contribution in [0.2, 0.25) is 0 Å². The van der Waals surface area contributed by atoms with Crippen LogP contribution in [0, 0.1) is 17.0 Å². The van der Waals surface area contributed by atoms with Crippen molar-refractivity contribution in [2.45, 2.75) is 13.8 Å². The minimum Gasteiger partial charge on any atom is -0.493 e. The molecule has 0 saturated heterocycles. The van der Waals surface area contributed by atoms with Crippen LogP contribution in [0.25, 0.3) is 0 Å². The molecule has 0 aliphatic heterocycles. The van der Waals surface area contributed by atoms with Crippen LogP contribution in [-0.2, 0) is 0 Å². The smallest absolute Gasteiger partial charge is 0.315 e. The molecule has 1 N–H and O–H groups in total. The van der Waals surface area contributed by atoms with E-state index in [0.717, 1.165) is 5.56 Å². The van der Waals surface area contributed by atoms with Crippen molar-refractivity contribution in [1.29, 1.82) is 0 Å². The number of ether oxygens (including phenoxy) is 2. The lowest BCUT2D eigenvalue weighted by molar-refractivity contribution is -0.385. The Morgan fingerprint density at radius 3 is 2.58 bits per heavy atom. The monoisotopic (exact) mass is 357 g/mol. The second-order valence-electron chi connectivity index (χ2n) is 5.33. The third-order valence-corrected chi connectivity index (χ3v) is 3.46. The van der Waals surface area contributed by atoms with E-state index in [2.05, 4.69) is 10.5 Å². The van der Waals surface area contributed by atoms with E-state index >= 15 is 0 Å². The molecule has 8 nitrogen and oxygen atoms in total. The van der Waals surface area contributed by atoms with E-state index in [1.807, 2.05) is 19.1 Å². The van der Waals surface area contributed by atoms with Crippen LogP contribution in [0.3, 0.4) is 0 Å². The molecule has 0 radical (unpaired) electrons. The van der Waals surface area contributed by atoms with Gasteiger partial charge >= 0.3 is 5.69 Å². The molecule has 1 amide bonds. The van der Waals surface area contributed by atoms with E-state index in [9.17, 15) is 14.9 Å². The van der Waals surface area contributed by atoms with Crippen LogP contribution in [0.1, 0.15) is 28.4 Å². The Kier molecular flexibility index (Phi) is 6.26. The second kappa shape index (κ2) is 8.61. The zero-order valence-corrected chi connectivity index (χ0v) is 14.7. The first-order valence-corrected chi connectivity index (χ1v) is 7.85. The summed E-state index contributed by atoms with van der Waals surface area (Å²) in [4.78, 5) is 22.7. The maximum atomic E-state index is 12.0. The largest absolute Gasteiger partial charge is 0.493 e. The number of nitrogens with one attached hydrogen (secondary N) is 1.